The van der Waals surface area contributed by atoms with E-state index in [0.717, 1.165) is 35.7 Å². The summed E-state index contributed by atoms with van der Waals surface area (Å²) < 4.78 is 0. The summed E-state index contributed by atoms with van der Waals surface area (Å²) in [6.45, 7) is 4.89. The molecule has 1 aliphatic rings. The number of rotatable bonds is 2. The Morgan fingerprint density at radius 2 is 2.00 bits per heavy atom. The quantitative estimate of drug-likeness (QED) is 0.762. The topological polar surface area (TPSA) is 58.5 Å². The lowest BCUT2D eigenvalue weighted by molar-refractivity contribution is 0.421. The van der Waals surface area contributed by atoms with Crippen LogP contribution in [0.3, 0.4) is 0 Å². The molecule has 17 heavy (non-hydrogen) atoms. The van der Waals surface area contributed by atoms with Crippen molar-refractivity contribution in [3.8, 4) is 0 Å². The van der Waals surface area contributed by atoms with Gasteiger partial charge < -0.3 is 11.5 Å². The first-order valence-corrected chi connectivity index (χ1v) is 5.90. The Hall–Kier alpha value is -1.84. The molecule has 4 heteroatoms. The first kappa shape index (κ1) is 11.6. The van der Waals surface area contributed by atoms with Gasteiger partial charge >= 0.3 is 0 Å². The van der Waals surface area contributed by atoms with Gasteiger partial charge in [-0.1, -0.05) is 13.0 Å². The van der Waals surface area contributed by atoms with E-state index in [0.29, 0.717) is 0 Å². The highest BCUT2D eigenvalue weighted by molar-refractivity contribution is 5.65. The summed E-state index contributed by atoms with van der Waals surface area (Å²) in [5, 5.41) is 4.25. The fraction of sp³-hybridized carbons (Fsp3) is 0.385. The van der Waals surface area contributed by atoms with Crippen molar-refractivity contribution < 1.29 is 0 Å². The van der Waals surface area contributed by atoms with Crippen molar-refractivity contribution in [3.05, 3.63) is 35.2 Å². The lowest BCUT2D eigenvalue weighted by Crippen LogP contribution is -2.34. The van der Waals surface area contributed by atoms with Gasteiger partial charge in [-0.25, -0.2) is 0 Å². The maximum Gasteiger partial charge on any atom is 0.0809 e. The number of benzene rings is 1. The molecule has 1 heterocycles. The minimum atomic E-state index is 0.735. The van der Waals surface area contributed by atoms with Crippen LogP contribution in [0.25, 0.3) is 0 Å². The maximum atomic E-state index is 6.02. The van der Waals surface area contributed by atoms with Crippen LogP contribution in [0.1, 0.15) is 19.4 Å². The van der Waals surface area contributed by atoms with Gasteiger partial charge in [-0.15, -0.1) is 0 Å². The number of anilines is 2. The number of hydrogen-bond acceptors (Lipinski definition) is 4. The van der Waals surface area contributed by atoms with Crippen LogP contribution in [0, 0.1) is 0 Å². The fourth-order valence-electron chi connectivity index (χ4n) is 2.24. The van der Waals surface area contributed by atoms with E-state index in [1.807, 2.05) is 26.1 Å². The largest absolute Gasteiger partial charge is 0.399 e. The summed E-state index contributed by atoms with van der Waals surface area (Å²) in [4.78, 5) is 0. The summed E-state index contributed by atoms with van der Waals surface area (Å²) >= 11 is 0. The SMILES string of the molecule is CCc1c(N)cccc1N1CC(N)=C(C)N1C. The molecule has 1 aromatic rings. The molecule has 4 N–H and O–H groups in total. The third-order valence-corrected chi connectivity index (χ3v) is 3.45. The normalized spacial score (nSPS) is 15.9. The van der Waals surface area contributed by atoms with Gasteiger partial charge in [0.05, 0.1) is 23.6 Å². The molecular weight excluding hydrogens is 212 g/mol. The number of nitrogen functional groups attached to an aromatic ring is 1. The van der Waals surface area contributed by atoms with Gasteiger partial charge in [-0.2, -0.15) is 0 Å². The van der Waals surface area contributed by atoms with Gasteiger partial charge in [0.1, 0.15) is 0 Å². The van der Waals surface area contributed by atoms with Gasteiger partial charge in [0, 0.05) is 12.7 Å². The molecule has 2 rings (SSSR count). The second-order valence-corrected chi connectivity index (χ2v) is 4.39. The monoisotopic (exact) mass is 232 g/mol. The Kier molecular flexibility index (Phi) is 2.88. The van der Waals surface area contributed by atoms with Gasteiger partial charge in [0.25, 0.3) is 0 Å². The van der Waals surface area contributed by atoms with E-state index >= 15 is 0 Å². The van der Waals surface area contributed by atoms with Crippen molar-refractivity contribution in [1.29, 1.82) is 0 Å². The molecule has 0 unspecified atom stereocenters. The standard InChI is InChI=1S/C13H20N4/c1-4-10-11(14)6-5-7-13(10)17-8-12(15)9(2)16(17)3/h5-7H,4,8,14-15H2,1-3H3. The van der Waals surface area contributed by atoms with Crippen LogP contribution in [0.5, 0.6) is 0 Å². The van der Waals surface area contributed by atoms with Crippen LogP contribution < -0.4 is 16.5 Å². The van der Waals surface area contributed by atoms with Gasteiger partial charge in [0.15, 0.2) is 0 Å². The van der Waals surface area contributed by atoms with Gasteiger partial charge in [0.2, 0.25) is 0 Å². The molecule has 92 valence electrons. The van der Waals surface area contributed by atoms with E-state index in [4.69, 9.17) is 11.5 Å². The Morgan fingerprint density at radius 3 is 2.53 bits per heavy atom. The zero-order valence-electron chi connectivity index (χ0n) is 10.7. The van der Waals surface area contributed by atoms with Gasteiger partial charge in [-0.05, 0) is 31.0 Å². The summed E-state index contributed by atoms with van der Waals surface area (Å²) in [5.41, 5.74) is 17.2. The van der Waals surface area contributed by atoms with E-state index in [1.165, 1.54) is 5.56 Å². The molecule has 0 saturated heterocycles. The Balaban J connectivity index is 2.40. The summed E-state index contributed by atoms with van der Waals surface area (Å²) in [6.07, 6.45) is 0.922. The second kappa shape index (κ2) is 4.20. The molecular formula is C13H20N4. The highest BCUT2D eigenvalue weighted by Crippen LogP contribution is 2.31. The summed E-state index contributed by atoms with van der Waals surface area (Å²) in [5.74, 6) is 0. The lowest BCUT2D eigenvalue weighted by atomic mass is 10.1. The molecule has 4 nitrogen and oxygen atoms in total. The number of allylic oxidation sites excluding steroid dienone is 1. The Bertz CT molecular complexity index is 464. The van der Waals surface area contributed by atoms with Crippen LogP contribution in [0.2, 0.25) is 0 Å². The first-order valence-electron chi connectivity index (χ1n) is 5.90. The molecule has 0 saturated carbocycles. The average Bonchev–Trinajstić information content (AvgIpc) is 2.56. The minimum Gasteiger partial charge on any atom is -0.399 e. The van der Waals surface area contributed by atoms with Crippen LogP contribution in [0.15, 0.2) is 29.6 Å². The molecule has 0 fully saturated rings. The van der Waals surface area contributed by atoms with E-state index in [-0.39, 0.29) is 0 Å². The van der Waals surface area contributed by atoms with Crippen LogP contribution >= 0.6 is 0 Å². The van der Waals surface area contributed by atoms with E-state index in [1.54, 1.807) is 0 Å². The molecule has 1 aliphatic heterocycles. The maximum absolute atomic E-state index is 6.02. The van der Waals surface area contributed by atoms with Crippen molar-refractivity contribution in [1.82, 2.24) is 5.01 Å². The highest BCUT2D eigenvalue weighted by atomic mass is 15.6. The summed E-state index contributed by atoms with van der Waals surface area (Å²) in [7, 11) is 2.03. The third kappa shape index (κ3) is 1.79. The first-order chi connectivity index (χ1) is 8.06. The average molecular weight is 232 g/mol. The van der Waals surface area contributed by atoms with Crippen molar-refractivity contribution in [3.63, 3.8) is 0 Å². The molecule has 0 radical (unpaired) electrons. The Labute approximate surface area is 102 Å². The number of nitrogens with zero attached hydrogens (tertiary/aromatic N) is 2. The second-order valence-electron chi connectivity index (χ2n) is 4.39. The smallest absolute Gasteiger partial charge is 0.0809 e. The molecule has 0 aliphatic carbocycles. The van der Waals surface area contributed by atoms with Crippen LogP contribution in [-0.4, -0.2) is 18.6 Å². The molecule has 0 bridgehead atoms. The molecule has 1 aromatic carbocycles. The summed E-state index contributed by atoms with van der Waals surface area (Å²) in [6, 6.07) is 6.03. The zero-order chi connectivity index (χ0) is 12.6. The number of hydrogen-bond donors (Lipinski definition) is 2. The number of hydrazine groups is 1. The van der Waals surface area contributed by atoms with Crippen molar-refractivity contribution in [2.75, 3.05) is 24.3 Å². The van der Waals surface area contributed by atoms with Crippen LogP contribution in [0.4, 0.5) is 11.4 Å². The fourth-order valence-corrected chi connectivity index (χ4v) is 2.24. The molecule has 0 amide bonds. The zero-order valence-corrected chi connectivity index (χ0v) is 10.7. The molecule has 0 aromatic heterocycles. The predicted octanol–water partition coefficient (Wildman–Crippen LogP) is 1.69. The minimum absolute atomic E-state index is 0.735. The number of nitrogens with two attached hydrogens (primary N) is 2. The highest BCUT2D eigenvalue weighted by Gasteiger charge is 2.24. The predicted molar refractivity (Wildman–Crippen MR) is 72.2 cm³/mol. The third-order valence-electron chi connectivity index (χ3n) is 3.45. The van der Waals surface area contributed by atoms with E-state index in [9.17, 15) is 0 Å². The molecule has 0 atom stereocenters. The van der Waals surface area contributed by atoms with Crippen molar-refractivity contribution in [2.45, 2.75) is 20.3 Å². The van der Waals surface area contributed by atoms with Crippen molar-refractivity contribution in [2.24, 2.45) is 5.73 Å². The Morgan fingerprint density at radius 1 is 1.29 bits per heavy atom. The van der Waals surface area contributed by atoms with Crippen molar-refractivity contribution >= 4 is 11.4 Å². The van der Waals surface area contributed by atoms with Gasteiger partial charge in [-0.3, -0.25) is 10.0 Å². The van der Waals surface area contributed by atoms with E-state index < -0.39 is 0 Å². The van der Waals surface area contributed by atoms with Crippen LogP contribution in [-0.2, 0) is 6.42 Å². The van der Waals surface area contributed by atoms with E-state index in [2.05, 4.69) is 23.0 Å². The lowest BCUT2D eigenvalue weighted by Gasteiger charge is -2.31. The molecule has 0 spiro atoms.